The summed E-state index contributed by atoms with van der Waals surface area (Å²) in [6.45, 7) is 5.16. The Morgan fingerprint density at radius 3 is 2.64 bits per heavy atom. The second-order valence-electron chi connectivity index (χ2n) is 9.81. The molecule has 0 atom stereocenters. The zero-order valence-electron chi connectivity index (χ0n) is 19.0. The number of carbonyl (C=O) groups is 2. The first-order valence-electron chi connectivity index (χ1n) is 11.9. The first-order valence-corrected chi connectivity index (χ1v) is 11.9. The van der Waals surface area contributed by atoms with Gasteiger partial charge in [-0.2, -0.15) is 0 Å². The SMILES string of the molecule is CN1CCN(C(=O)c2cnc3[nH]cc(-c4ccc5c(c4)C4(CCNCC4)CC5=O)c3c2)CC1. The summed E-state index contributed by atoms with van der Waals surface area (Å²) in [5.74, 6) is 0.303. The number of hydrogen-bond donors (Lipinski definition) is 2. The molecular weight excluding hydrogens is 414 g/mol. The van der Waals surface area contributed by atoms with Crippen LogP contribution in [0.5, 0.6) is 0 Å². The maximum absolute atomic E-state index is 13.1. The summed E-state index contributed by atoms with van der Waals surface area (Å²) < 4.78 is 0. The van der Waals surface area contributed by atoms with E-state index in [1.807, 2.05) is 29.3 Å². The molecule has 0 bridgehead atoms. The van der Waals surface area contributed by atoms with Gasteiger partial charge in [0.05, 0.1) is 5.56 Å². The Kier molecular flexibility index (Phi) is 4.85. The minimum atomic E-state index is -0.0411. The zero-order chi connectivity index (χ0) is 22.6. The molecule has 170 valence electrons. The van der Waals surface area contributed by atoms with Crippen molar-refractivity contribution in [2.45, 2.75) is 24.7 Å². The molecule has 1 spiro atoms. The van der Waals surface area contributed by atoms with E-state index < -0.39 is 0 Å². The molecule has 2 saturated heterocycles. The number of H-pyrrole nitrogens is 1. The molecule has 0 unspecified atom stereocenters. The van der Waals surface area contributed by atoms with Crippen LogP contribution in [0.4, 0.5) is 0 Å². The average molecular weight is 444 g/mol. The first kappa shape index (κ1) is 20.6. The third-order valence-electron chi connectivity index (χ3n) is 7.83. The van der Waals surface area contributed by atoms with Crippen molar-refractivity contribution in [3.8, 4) is 11.1 Å². The molecule has 6 rings (SSSR count). The predicted molar refractivity (Wildman–Crippen MR) is 128 cm³/mol. The zero-order valence-corrected chi connectivity index (χ0v) is 19.0. The maximum atomic E-state index is 13.1. The summed E-state index contributed by atoms with van der Waals surface area (Å²) in [5.41, 5.74) is 5.52. The van der Waals surface area contributed by atoms with Gasteiger partial charge in [0.25, 0.3) is 5.91 Å². The molecule has 2 N–H and O–H groups in total. The molecule has 2 fully saturated rings. The van der Waals surface area contributed by atoms with Crippen LogP contribution in [0.1, 0.15) is 45.5 Å². The van der Waals surface area contributed by atoms with Crippen LogP contribution in [0.2, 0.25) is 0 Å². The third kappa shape index (κ3) is 3.38. The molecule has 1 aromatic carbocycles. The fourth-order valence-corrected chi connectivity index (χ4v) is 5.79. The van der Waals surface area contributed by atoms with Crippen molar-refractivity contribution < 1.29 is 9.59 Å². The summed E-state index contributed by atoms with van der Waals surface area (Å²) in [6.07, 6.45) is 6.25. The van der Waals surface area contributed by atoms with Crippen LogP contribution in [0.15, 0.2) is 36.7 Å². The number of Topliss-reactive ketones (excluding diaryl/α,β-unsaturated/α-hetero) is 1. The van der Waals surface area contributed by atoms with E-state index in [1.54, 1.807) is 6.20 Å². The van der Waals surface area contributed by atoms with E-state index in [2.05, 4.69) is 33.3 Å². The summed E-state index contributed by atoms with van der Waals surface area (Å²) in [4.78, 5) is 37.9. The van der Waals surface area contributed by atoms with Crippen molar-refractivity contribution in [1.29, 1.82) is 0 Å². The van der Waals surface area contributed by atoms with Crippen LogP contribution in [0.25, 0.3) is 22.2 Å². The van der Waals surface area contributed by atoms with Gasteiger partial charge < -0.3 is 20.1 Å². The van der Waals surface area contributed by atoms with Crippen LogP contribution >= 0.6 is 0 Å². The van der Waals surface area contributed by atoms with Gasteiger partial charge in [0, 0.05) is 66.9 Å². The molecule has 1 amide bonds. The number of piperidine rings is 1. The molecule has 0 saturated carbocycles. The van der Waals surface area contributed by atoms with Crippen molar-refractivity contribution in [3.63, 3.8) is 0 Å². The molecule has 3 aromatic rings. The molecule has 4 heterocycles. The van der Waals surface area contributed by atoms with Gasteiger partial charge in [-0.3, -0.25) is 9.59 Å². The third-order valence-corrected chi connectivity index (χ3v) is 7.83. The summed E-state index contributed by atoms with van der Waals surface area (Å²) >= 11 is 0. The Labute approximate surface area is 193 Å². The van der Waals surface area contributed by atoms with E-state index in [1.165, 1.54) is 5.56 Å². The largest absolute Gasteiger partial charge is 0.346 e. The second kappa shape index (κ2) is 7.78. The van der Waals surface area contributed by atoms with Gasteiger partial charge in [-0.25, -0.2) is 4.98 Å². The average Bonchev–Trinajstić information content (AvgIpc) is 3.38. The fraction of sp³-hybridized carbons (Fsp3) is 0.423. The number of aromatic amines is 1. The number of hydrogen-bond acceptors (Lipinski definition) is 5. The lowest BCUT2D eigenvalue weighted by Crippen LogP contribution is -2.47. The van der Waals surface area contributed by atoms with E-state index in [4.69, 9.17) is 0 Å². The van der Waals surface area contributed by atoms with Gasteiger partial charge in [-0.15, -0.1) is 0 Å². The van der Waals surface area contributed by atoms with Gasteiger partial charge >= 0.3 is 0 Å². The molecule has 2 aromatic heterocycles. The Bertz CT molecular complexity index is 1250. The number of amides is 1. The number of aromatic nitrogens is 2. The van der Waals surface area contributed by atoms with Crippen LogP contribution in [0.3, 0.4) is 0 Å². The number of nitrogens with one attached hydrogen (secondary N) is 2. The normalized spacial score (nSPS) is 20.5. The Balaban J connectivity index is 1.38. The maximum Gasteiger partial charge on any atom is 0.255 e. The molecule has 7 heteroatoms. The lowest BCUT2D eigenvalue weighted by molar-refractivity contribution is 0.0663. The van der Waals surface area contributed by atoms with E-state index >= 15 is 0 Å². The lowest BCUT2D eigenvalue weighted by Gasteiger charge is -2.34. The summed E-state index contributed by atoms with van der Waals surface area (Å²) in [5, 5.41) is 4.37. The van der Waals surface area contributed by atoms with Crippen LogP contribution in [-0.4, -0.2) is 77.8 Å². The number of fused-ring (bicyclic) bond motifs is 3. The first-order chi connectivity index (χ1) is 16.0. The van der Waals surface area contributed by atoms with Crippen molar-refractivity contribution in [1.82, 2.24) is 25.1 Å². The highest BCUT2D eigenvalue weighted by atomic mass is 16.2. The second-order valence-corrected chi connectivity index (χ2v) is 9.81. The molecule has 2 aliphatic heterocycles. The summed E-state index contributed by atoms with van der Waals surface area (Å²) in [6, 6.07) is 8.21. The quantitative estimate of drug-likeness (QED) is 0.637. The molecule has 33 heavy (non-hydrogen) atoms. The topological polar surface area (TPSA) is 81.3 Å². The number of piperazine rings is 1. The van der Waals surface area contributed by atoms with Gasteiger partial charge in [0.2, 0.25) is 0 Å². The van der Waals surface area contributed by atoms with E-state index in [9.17, 15) is 9.59 Å². The number of rotatable bonds is 2. The number of nitrogens with zero attached hydrogens (tertiary/aromatic N) is 3. The molecule has 7 nitrogen and oxygen atoms in total. The smallest absolute Gasteiger partial charge is 0.255 e. The van der Waals surface area contributed by atoms with Crippen molar-refractivity contribution >= 4 is 22.7 Å². The van der Waals surface area contributed by atoms with Crippen molar-refractivity contribution in [3.05, 3.63) is 53.3 Å². The molecule has 1 aliphatic carbocycles. The lowest BCUT2D eigenvalue weighted by atomic mass is 9.74. The van der Waals surface area contributed by atoms with E-state index in [-0.39, 0.29) is 17.1 Å². The Morgan fingerprint density at radius 1 is 1.06 bits per heavy atom. The number of carbonyl (C=O) groups excluding carboxylic acids is 2. The Hall–Kier alpha value is -3.03. The fourth-order valence-electron chi connectivity index (χ4n) is 5.79. The molecule has 0 radical (unpaired) electrons. The molecule has 3 aliphatic rings. The standard InChI is InChI=1S/C26H29N5O2/c1-30-8-10-31(11-9-30)25(33)18-12-20-21(16-29-24(20)28-15-18)17-2-3-19-22(13-17)26(14-23(19)32)4-6-27-7-5-26/h2-3,12-13,15-16,27H,4-11,14H2,1H3,(H,28,29). The minimum absolute atomic E-state index is 0.0397. The van der Waals surface area contributed by atoms with Gasteiger partial charge in [0.1, 0.15) is 5.65 Å². The minimum Gasteiger partial charge on any atom is -0.346 e. The van der Waals surface area contributed by atoms with Crippen LogP contribution in [0, 0.1) is 0 Å². The molecular formula is C26H29N5O2. The monoisotopic (exact) mass is 443 g/mol. The van der Waals surface area contributed by atoms with Crippen molar-refractivity contribution in [2.75, 3.05) is 46.3 Å². The van der Waals surface area contributed by atoms with Crippen molar-refractivity contribution in [2.24, 2.45) is 0 Å². The Morgan fingerprint density at radius 2 is 1.85 bits per heavy atom. The predicted octanol–water partition coefficient (Wildman–Crippen LogP) is 2.83. The van der Waals surface area contributed by atoms with Gasteiger partial charge in [0.15, 0.2) is 5.78 Å². The van der Waals surface area contributed by atoms with E-state index in [0.29, 0.717) is 12.0 Å². The number of benzene rings is 1. The highest BCUT2D eigenvalue weighted by Gasteiger charge is 2.43. The number of likely N-dealkylation sites (N-methyl/N-ethyl adjacent to an activating group) is 1. The van der Waals surface area contributed by atoms with Crippen LogP contribution < -0.4 is 5.32 Å². The summed E-state index contributed by atoms with van der Waals surface area (Å²) in [7, 11) is 2.08. The van der Waals surface area contributed by atoms with Crippen LogP contribution in [-0.2, 0) is 5.41 Å². The highest BCUT2D eigenvalue weighted by molar-refractivity contribution is 6.04. The number of ketones is 1. The van der Waals surface area contributed by atoms with Gasteiger partial charge in [-0.1, -0.05) is 12.1 Å². The van der Waals surface area contributed by atoms with Gasteiger partial charge in [-0.05, 0) is 56.2 Å². The number of pyridine rings is 1. The highest BCUT2D eigenvalue weighted by Crippen LogP contribution is 2.46. The van der Waals surface area contributed by atoms with E-state index in [0.717, 1.165) is 79.8 Å².